The summed E-state index contributed by atoms with van der Waals surface area (Å²) >= 11 is 0. The Balaban J connectivity index is 1.70. The predicted octanol–water partition coefficient (Wildman–Crippen LogP) is 0.980. The molecule has 0 saturated carbocycles. The molecular weight excluding hydrogens is 298 g/mol. The molecule has 0 bridgehead atoms. The maximum Gasteiger partial charge on any atom is 0.319 e. The molecule has 0 radical (unpaired) electrons. The van der Waals surface area contributed by atoms with Gasteiger partial charge in [0, 0.05) is 31.9 Å². The zero-order valence-corrected chi connectivity index (χ0v) is 13.0. The molecule has 8 heteroatoms. The molecule has 0 aliphatic heterocycles. The largest absolute Gasteiger partial charge is 0.497 e. The minimum absolute atomic E-state index is 0.224. The summed E-state index contributed by atoms with van der Waals surface area (Å²) in [5.41, 5.74) is 1.11. The smallest absolute Gasteiger partial charge is 0.319 e. The molecule has 8 nitrogen and oxygen atoms in total. The maximum atomic E-state index is 11.9. The molecule has 0 aliphatic rings. The second-order valence-electron chi connectivity index (χ2n) is 4.77. The third kappa shape index (κ3) is 5.03. The first-order valence-electron chi connectivity index (χ1n) is 7.04. The van der Waals surface area contributed by atoms with Crippen LogP contribution in [-0.4, -0.2) is 41.9 Å². The topological polar surface area (TPSA) is 97.3 Å². The van der Waals surface area contributed by atoms with Crippen LogP contribution in [0.3, 0.4) is 0 Å². The van der Waals surface area contributed by atoms with Crippen LogP contribution >= 0.6 is 0 Å². The highest BCUT2D eigenvalue weighted by molar-refractivity contribution is 5.94. The van der Waals surface area contributed by atoms with E-state index < -0.39 is 0 Å². The number of aryl methyl sites for hydroxylation is 1. The fourth-order valence-corrected chi connectivity index (χ4v) is 1.88. The first-order chi connectivity index (χ1) is 11.1. The van der Waals surface area contributed by atoms with Gasteiger partial charge in [0.2, 0.25) is 0 Å². The van der Waals surface area contributed by atoms with Gasteiger partial charge in [-0.05, 0) is 18.2 Å². The van der Waals surface area contributed by atoms with Crippen LogP contribution in [0.15, 0.2) is 36.7 Å². The number of hydrogen-bond acceptors (Lipinski definition) is 4. The Labute approximate surface area is 133 Å². The summed E-state index contributed by atoms with van der Waals surface area (Å²) in [4.78, 5) is 23.6. The van der Waals surface area contributed by atoms with E-state index in [2.05, 4.69) is 21.0 Å². The number of ether oxygens (including phenoxy) is 1. The van der Waals surface area contributed by atoms with Crippen molar-refractivity contribution >= 4 is 17.6 Å². The molecule has 1 aromatic carbocycles. The molecule has 2 aromatic rings. The van der Waals surface area contributed by atoms with Crippen LogP contribution in [0.2, 0.25) is 0 Å². The van der Waals surface area contributed by atoms with Crippen molar-refractivity contribution in [1.29, 1.82) is 0 Å². The van der Waals surface area contributed by atoms with E-state index in [-0.39, 0.29) is 11.9 Å². The molecule has 122 valence electrons. The zero-order chi connectivity index (χ0) is 16.7. The van der Waals surface area contributed by atoms with Crippen molar-refractivity contribution in [2.75, 3.05) is 25.5 Å². The predicted molar refractivity (Wildman–Crippen MR) is 85.6 cm³/mol. The monoisotopic (exact) mass is 317 g/mol. The van der Waals surface area contributed by atoms with Gasteiger partial charge in [0.1, 0.15) is 5.75 Å². The van der Waals surface area contributed by atoms with Crippen molar-refractivity contribution in [1.82, 2.24) is 20.4 Å². The lowest BCUT2D eigenvalue weighted by Gasteiger charge is -2.08. The van der Waals surface area contributed by atoms with E-state index in [1.165, 1.54) is 0 Å². The molecule has 1 aromatic heterocycles. The van der Waals surface area contributed by atoms with Gasteiger partial charge in [-0.2, -0.15) is 5.10 Å². The number of aromatic nitrogens is 2. The lowest BCUT2D eigenvalue weighted by Crippen LogP contribution is -2.36. The van der Waals surface area contributed by atoms with Crippen LogP contribution < -0.4 is 20.7 Å². The number of carbonyl (C=O) groups excluding carboxylic acids is 2. The number of rotatable bonds is 6. The Morgan fingerprint density at radius 1 is 1.26 bits per heavy atom. The van der Waals surface area contributed by atoms with Gasteiger partial charge in [-0.1, -0.05) is 6.07 Å². The van der Waals surface area contributed by atoms with Gasteiger partial charge in [-0.25, -0.2) is 4.79 Å². The van der Waals surface area contributed by atoms with Gasteiger partial charge >= 0.3 is 6.03 Å². The second kappa shape index (κ2) is 7.83. The fourth-order valence-electron chi connectivity index (χ4n) is 1.88. The summed E-state index contributed by atoms with van der Waals surface area (Å²) in [5, 5.41) is 11.9. The molecular formula is C15H19N5O3. The number of anilines is 1. The van der Waals surface area contributed by atoms with E-state index in [1.54, 1.807) is 55.5 Å². The molecule has 0 aliphatic carbocycles. The highest BCUT2D eigenvalue weighted by atomic mass is 16.5. The quantitative estimate of drug-likeness (QED) is 0.692. The third-order valence-corrected chi connectivity index (χ3v) is 2.99. The van der Waals surface area contributed by atoms with E-state index in [0.29, 0.717) is 30.1 Å². The molecule has 0 unspecified atom stereocenters. The number of carbonyl (C=O) groups is 2. The summed E-state index contributed by atoms with van der Waals surface area (Å²) in [7, 11) is 3.30. The Bertz CT molecular complexity index is 683. The average molecular weight is 317 g/mol. The molecule has 0 spiro atoms. The number of benzene rings is 1. The van der Waals surface area contributed by atoms with E-state index in [0.717, 1.165) is 0 Å². The minimum atomic E-state index is -0.353. The summed E-state index contributed by atoms with van der Waals surface area (Å²) in [6.07, 6.45) is 3.23. The third-order valence-electron chi connectivity index (χ3n) is 2.99. The van der Waals surface area contributed by atoms with Gasteiger partial charge < -0.3 is 20.7 Å². The molecule has 2 rings (SSSR count). The zero-order valence-electron chi connectivity index (χ0n) is 13.0. The van der Waals surface area contributed by atoms with Crippen LogP contribution in [0.4, 0.5) is 10.5 Å². The standard InChI is InChI=1S/C15H19N5O3/c1-20-10-12(9-18-20)19-15(22)17-7-6-16-14(21)11-4-3-5-13(8-11)23-2/h3-5,8-10H,6-7H2,1-2H3,(H,16,21)(H2,17,19,22). The minimum Gasteiger partial charge on any atom is -0.497 e. The molecule has 0 atom stereocenters. The summed E-state index contributed by atoms with van der Waals surface area (Å²) in [5.74, 6) is 0.394. The number of amides is 3. The number of urea groups is 1. The van der Waals surface area contributed by atoms with Crippen LogP contribution in [0.25, 0.3) is 0 Å². The Morgan fingerprint density at radius 2 is 2.04 bits per heavy atom. The van der Waals surface area contributed by atoms with Crippen LogP contribution in [0, 0.1) is 0 Å². The number of nitrogens with zero attached hydrogens (tertiary/aromatic N) is 2. The normalized spacial score (nSPS) is 10.0. The SMILES string of the molecule is COc1cccc(C(=O)NCCNC(=O)Nc2cnn(C)c2)c1. The molecule has 0 saturated heterocycles. The summed E-state index contributed by atoms with van der Waals surface area (Å²) < 4.78 is 6.66. The van der Waals surface area contributed by atoms with Gasteiger partial charge in [-0.3, -0.25) is 9.48 Å². The number of hydrogen-bond donors (Lipinski definition) is 3. The first kappa shape index (κ1) is 16.3. The van der Waals surface area contributed by atoms with Crippen molar-refractivity contribution < 1.29 is 14.3 Å². The Morgan fingerprint density at radius 3 is 2.74 bits per heavy atom. The molecule has 3 amide bonds. The number of methoxy groups -OCH3 is 1. The lowest BCUT2D eigenvalue weighted by molar-refractivity contribution is 0.0953. The van der Waals surface area contributed by atoms with Crippen LogP contribution in [0.1, 0.15) is 10.4 Å². The first-order valence-corrected chi connectivity index (χ1v) is 7.04. The van der Waals surface area contributed by atoms with E-state index >= 15 is 0 Å². The molecule has 1 heterocycles. The highest BCUT2D eigenvalue weighted by Crippen LogP contribution is 2.12. The average Bonchev–Trinajstić information content (AvgIpc) is 2.96. The van der Waals surface area contributed by atoms with Crippen molar-refractivity contribution in [3.8, 4) is 5.75 Å². The van der Waals surface area contributed by atoms with E-state index in [9.17, 15) is 9.59 Å². The highest BCUT2D eigenvalue weighted by Gasteiger charge is 2.06. The van der Waals surface area contributed by atoms with Gasteiger partial charge in [0.15, 0.2) is 0 Å². The second-order valence-corrected chi connectivity index (χ2v) is 4.77. The molecule has 0 fully saturated rings. The summed E-state index contributed by atoms with van der Waals surface area (Å²) in [6.45, 7) is 0.623. The van der Waals surface area contributed by atoms with Crippen molar-refractivity contribution in [3.63, 3.8) is 0 Å². The van der Waals surface area contributed by atoms with Gasteiger partial charge in [0.05, 0.1) is 19.0 Å². The van der Waals surface area contributed by atoms with Gasteiger partial charge in [0.25, 0.3) is 5.91 Å². The van der Waals surface area contributed by atoms with E-state index in [1.807, 2.05) is 0 Å². The summed E-state index contributed by atoms with van der Waals surface area (Å²) in [6, 6.07) is 6.50. The van der Waals surface area contributed by atoms with Crippen molar-refractivity contribution in [2.24, 2.45) is 7.05 Å². The fraction of sp³-hybridized carbons (Fsp3) is 0.267. The lowest BCUT2D eigenvalue weighted by atomic mass is 10.2. The maximum absolute atomic E-state index is 11.9. The van der Waals surface area contributed by atoms with Crippen molar-refractivity contribution in [2.45, 2.75) is 0 Å². The number of nitrogens with one attached hydrogen (secondary N) is 3. The van der Waals surface area contributed by atoms with E-state index in [4.69, 9.17) is 4.74 Å². The molecule has 23 heavy (non-hydrogen) atoms. The Kier molecular flexibility index (Phi) is 5.56. The van der Waals surface area contributed by atoms with Crippen molar-refractivity contribution in [3.05, 3.63) is 42.2 Å². The van der Waals surface area contributed by atoms with Crippen LogP contribution in [0.5, 0.6) is 5.75 Å². The molecule has 3 N–H and O–H groups in total. The Hall–Kier alpha value is -3.03. The van der Waals surface area contributed by atoms with Crippen LogP contribution in [-0.2, 0) is 7.05 Å². The van der Waals surface area contributed by atoms with Gasteiger partial charge in [-0.15, -0.1) is 0 Å².